The first kappa shape index (κ1) is 10.5. The van der Waals surface area contributed by atoms with E-state index in [0.717, 1.165) is 11.5 Å². The van der Waals surface area contributed by atoms with E-state index in [4.69, 9.17) is 10.5 Å². The average molecular weight is 218 g/mol. The highest BCUT2D eigenvalue weighted by molar-refractivity contribution is 5.46. The largest absolute Gasteiger partial charge is 0.477 e. The van der Waals surface area contributed by atoms with Crippen molar-refractivity contribution in [2.45, 2.75) is 6.92 Å². The summed E-state index contributed by atoms with van der Waals surface area (Å²) < 4.78 is 5.22. The predicted molar refractivity (Wildman–Crippen MR) is 62.0 cm³/mol. The van der Waals surface area contributed by atoms with Crippen LogP contribution in [0.3, 0.4) is 0 Å². The van der Waals surface area contributed by atoms with Crippen molar-refractivity contribution in [2.75, 3.05) is 18.1 Å². The van der Waals surface area contributed by atoms with E-state index in [2.05, 4.69) is 10.2 Å². The molecule has 84 valence electrons. The molecule has 0 saturated heterocycles. The maximum atomic E-state index is 5.74. The van der Waals surface area contributed by atoms with Crippen LogP contribution in [0.2, 0.25) is 0 Å². The van der Waals surface area contributed by atoms with Crippen molar-refractivity contribution in [3.8, 4) is 5.88 Å². The van der Waals surface area contributed by atoms with Gasteiger partial charge in [0.1, 0.15) is 0 Å². The molecular weight excluding hydrogens is 204 g/mol. The number of nitrogens with zero attached hydrogens (tertiary/aromatic N) is 3. The Balaban J connectivity index is 2.10. The van der Waals surface area contributed by atoms with Crippen molar-refractivity contribution >= 4 is 5.82 Å². The lowest BCUT2D eigenvalue weighted by atomic mass is 10.3. The summed E-state index contributed by atoms with van der Waals surface area (Å²) in [6, 6.07) is 3.66. The van der Waals surface area contributed by atoms with Crippen LogP contribution in [0.15, 0.2) is 36.2 Å². The van der Waals surface area contributed by atoms with Crippen LogP contribution in [0.25, 0.3) is 0 Å². The molecule has 0 radical (unpaired) electrons. The summed E-state index contributed by atoms with van der Waals surface area (Å²) in [6.07, 6.45) is 5.68. The van der Waals surface area contributed by atoms with Gasteiger partial charge in [0.15, 0.2) is 5.82 Å². The zero-order valence-electron chi connectivity index (χ0n) is 9.13. The summed E-state index contributed by atoms with van der Waals surface area (Å²) in [5.74, 6) is 1.30. The molecule has 0 aliphatic carbocycles. The third-order valence-corrected chi connectivity index (χ3v) is 2.14. The molecular formula is C11H14N4O. The third-order valence-electron chi connectivity index (χ3n) is 2.14. The number of ether oxygens (including phenoxy) is 1. The molecule has 2 rings (SSSR count). The summed E-state index contributed by atoms with van der Waals surface area (Å²) >= 11 is 0. The normalized spacial score (nSPS) is 14.8. The topological polar surface area (TPSA) is 64.3 Å². The lowest BCUT2D eigenvalue weighted by Gasteiger charge is -2.21. The van der Waals surface area contributed by atoms with Gasteiger partial charge in [-0.1, -0.05) is 0 Å². The van der Waals surface area contributed by atoms with Crippen molar-refractivity contribution in [1.29, 1.82) is 0 Å². The smallest absolute Gasteiger partial charge is 0.233 e. The maximum absolute atomic E-state index is 5.74. The molecule has 16 heavy (non-hydrogen) atoms. The minimum absolute atomic E-state index is 0.538. The van der Waals surface area contributed by atoms with Gasteiger partial charge in [-0.2, -0.15) is 0 Å². The number of anilines is 1. The molecule has 0 atom stereocenters. The van der Waals surface area contributed by atoms with Crippen LogP contribution in [0, 0.1) is 0 Å². The fourth-order valence-electron chi connectivity index (χ4n) is 1.42. The number of allylic oxidation sites excluding steroid dienone is 2. The second-order valence-corrected chi connectivity index (χ2v) is 3.37. The van der Waals surface area contributed by atoms with Gasteiger partial charge in [-0.3, -0.25) is 0 Å². The Labute approximate surface area is 94.2 Å². The molecule has 5 heteroatoms. The molecule has 0 saturated carbocycles. The lowest BCUT2D eigenvalue weighted by Crippen LogP contribution is -2.25. The van der Waals surface area contributed by atoms with E-state index in [0.29, 0.717) is 19.0 Å². The van der Waals surface area contributed by atoms with Gasteiger partial charge in [-0.05, 0) is 25.1 Å². The average Bonchev–Trinajstić information content (AvgIpc) is 2.30. The van der Waals surface area contributed by atoms with Crippen LogP contribution in [0.4, 0.5) is 5.82 Å². The Morgan fingerprint density at radius 3 is 2.94 bits per heavy atom. The Bertz CT molecular complexity index is 410. The predicted octanol–water partition coefficient (Wildman–Crippen LogP) is 1.05. The van der Waals surface area contributed by atoms with Gasteiger partial charge in [0.25, 0.3) is 0 Å². The van der Waals surface area contributed by atoms with Crippen LogP contribution in [-0.2, 0) is 0 Å². The minimum atomic E-state index is 0.538. The van der Waals surface area contributed by atoms with Crippen LogP contribution in [0.5, 0.6) is 5.88 Å². The maximum Gasteiger partial charge on any atom is 0.233 e. The molecule has 0 aromatic carbocycles. The van der Waals surface area contributed by atoms with Gasteiger partial charge in [-0.25, -0.2) is 0 Å². The summed E-state index contributed by atoms with van der Waals surface area (Å²) in [6.45, 7) is 3.14. The molecule has 1 aliphatic rings. The molecule has 0 amide bonds. The molecule has 0 bridgehead atoms. The third kappa shape index (κ3) is 2.31. The highest BCUT2D eigenvalue weighted by Gasteiger charge is 2.09. The molecule has 0 spiro atoms. The molecule has 1 aliphatic heterocycles. The first-order valence-corrected chi connectivity index (χ1v) is 5.15. The van der Waals surface area contributed by atoms with Gasteiger partial charge in [0.2, 0.25) is 5.88 Å². The first-order chi connectivity index (χ1) is 7.79. The van der Waals surface area contributed by atoms with Gasteiger partial charge in [0.05, 0.1) is 13.2 Å². The van der Waals surface area contributed by atoms with Crippen molar-refractivity contribution in [2.24, 2.45) is 5.73 Å². The Hall–Kier alpha value is -2.04. The van der Waals surface area contributed by atoms with Crippen molar-refractivity contribution in [1.82, 2.24) is 10.2 Å². The van der Waals surface area contributed by atoms with E-state index < -0.39 is 0 Å². The van der Waals surface area contributed by atoms with E-state index in [9.17, 15) is 0 Å². The molecule has 1 aromatic rings. The summed E-state index contributed by atoms with van der Waals surface area (Å²) in [5, 5.41) is 8.03. The van der Waals surface area contributed by atoms with E-state index in [1.54, 1.807) is 6.07 Å². The van der Waals surface area contributed by atoms with Crippen LogP contribution >= 0.6 is 0 Å². The number of rotatable bonds is 3. The molecule has 2 heterocycles. The lowest BCUT2D eigenvalue weighted by molar-refractivity contribution is 0.323. The summed E-state index contributed by atoms with van der Waals surface area (Å²) in [5.41, 5.74) is 6.54. The van der Waals surface area contributed by atoms with Crippen molar-refractivity contribution in [3.63, 3.8) is 0 Å². The van der Waals surface area contributed by atoms with E-state index in [-0.39, 0.29) is 0 Å². The second kappa shape index (κ2) is 4.65. The number of hydrogen-bond donors (Lipinski definition) is 1. The standard InChI is InChI=1S/C11H14N4O/c1-2-16-11-6-5-10(13-14-11)15-7-3-4-9(12)8-15/h3-7H,2,8,12H2,1H3. The van der Waals surface area contributed by atoms with Gasteiger partial charge in [0, 0.05) is 18.0 Å². The van der Waals surface area contributed by atoms with Crippen LogP contribution < -0.4 is 15.4 Å². The fraction of sp³-hybridized carbons (Fsp3) is 0.273. The molecule has 5 nitrogen and oxygen atoms in total. The quantitative estimate of drug-likeness (QED) is 0.821. The second-order valence-electron chi connectivity index (χ2n) is 3.37. The molecule has 2 N–H and O–H groups in total. The fourth-order valence-corrected chi connectivity index (χ4v) is 1.42. The Morgan fingerprint density at radius 1 is 1.44 bits per heavy atom. The van der Waals surface area contributed by atoms with Crippen LogP contribution in [-0.4, -0.2) is 23.3 Å². The van der Waals surface area contributed by atoms with E-state index in [1.807, 2.05) is 36.2 Å². The highest BCUT2D eigenvalue weighted by atomic mass is 16.5. The summed E-state index contributed by atoms with van der Waals surface area (Å²) in [7, 11) is 0. The molecule has 0 unspecified atom stereocenters. The van der Waals surface area contributed by atoms with E-state index in [1.165, 1.54) is 0 Å². The van der Waals surface area contributed by atoms with Crippen molar-refractivity contribution < 1.29 is 4.74 Å². The number of hydrogen-bond acceptors (Lipinski definition) is 5. The van der Waals surface area contributed by atoms with E-state index >= 15 is 0 Å². The van der Waals surface area contributed by atoms with Gasteiger partial charge >= 0.3 is 0 Å². The zero-order chi connectivity index (χ0) is 11.4. The van der Waals surface area contributed by atoms with Gasteiger partial charge in [-0.15, -0.1) is 10.2 Å². The number of aromatic nitrogens is 2. The molecule has 0 fully saturated rings. The monoisotopic (exact) mass is 218 g/mol. The minimum Gasteiger partial charge on any atom is -0.477 e. The van der Waals surface area contributed by atoms with Crippen molar-refractivity contribution in [3.05, 3.63) is 36.2 Å². The Kier molecular flexibility index (Phi) is 3.05. The zero-order valence-corrected chi connectivity index (χ0v) is 9.13. The SMILES string of the molecule is CCOc1ccc(N2C=CC=C(N)C2)nn1. The first-order valence-electron chi connectivity index (χ1n) is 5.15. The summed E-state index contributed by atoms with van der Waals surface area (Å²) in [4.78, 5) is 1.93. The Morgan fingerprint density at radius 2 is 2.31 bits per heavy atom. The van der Waals surface area contributed by atoms with Crippen LogP contribution in [0.1, 0.15) is 6.92 Å². The highest BCUT2D eigenvalue weighted by Crippen LogP contribution is 2.15. The molecule has 1 aromatic heterocycles. The number of nitrogens with two attached hydrogens (primary N) is 1. The van der Waals surface area contributed by atoms with Gasteiger partial charge < -0.3 is 15.4 Å².